The van der Waals surface area contributed by atoms with E-state index in [4.69, 9.17) is 4.74 Å². The van der Waals surface area contributed by atoms with Crippen LogP contribution >= 0.6 is 0 Å². The molecule has 6 nitrogen and oxygen atoms in total. The summed E-state index contributed by atoms with van der Waals surface area (Å²) in [6, 6.07) is 7.28. The molecule has 1 atom stereocenters. The average Bonchev–Trinajstić information content (AvgIpc) is 2.49. The van der Waals surface area contributed by atoms with Crippen LogP contribution in [0.15, 0.2) is 24.3 Å². The van der Waals surface area contributed by atoms with Gasteiger partial charge in [0.25, 0.3) is 0 Å². The molecule has 1 saturated heterocycles. The maximum Gasteiger partial charge on any atom is 0.336 e. The lowest BCUT2D eigenvalue weighted by Crippen LogP contribution is -2.50. The zero-order valence-corrected chi connectivity index (χ0v) is 11.6. The third kappa shape index (κ3) is 3.48. The second kappa shape index (κ2) is 6.38. The van der Waals surface area contributed by atoms with E-state index in [0.717, 1.165) is 11.3 Å². The predicted octanol–water partition coefficient (Wildman–Crippen LogP) is 1.40. The molecule has 1 fully saturated rings. The molecule has 1 heterocycles. The molecule has 0 spiro atoms. The molecule has 6 heteroatoms. The van der Waals surface area contributed by atoms with Gasteiger partial charge in [-0.05, 0) is 19.1 Å². The fraction of sp³-hybridized carbons (Fsp3) is 0.429. The Morgan fingerprint density at radius 2 is 2.05 bits per heavy atom. The van der Waals surface area contributed by atoms with Gasteiger partial charge in [-0.25, -0.2) is 9.59 Å². The molecular weight excluding hydrogens is 260 g/mol. The van der Waals surface area contributed by atoms with Gasteiger partial charge in [-0.1, -0.05) is 17.7 Å². The van der Waals surface area contributed by atoms with Gasteiger partial charge in [-0.3, -0.25) is 0 Å². The quantitative estimate of drug-likeness (QED) is 0.830. The van der Waals surface area contributed by atoms with Crippen molar-refractivity contribution in [2.45, 2.75) is 13.0 Å². The Morgan fingerprint density at radius 3 is 2.70 bits per heavy atom. The summed E-state index contributed by atoms with van der Waals surface area (Å²) in [5, 5.41) is 2.80. The predicted molar refractivity (Wildman–Crippen MR) is 73.5 cm³/mol. The van der Waals surface area contributed by atoms with E-state index < -0.39 is 12.1 Å². The number of hydrogen-bond donors (Lipinski definition) is 1. The molecule has 108 valence electrons. The number of methoxy groups -OCH3 is 1. The van der Waals surface area contributed by atoms with Crippen molar-refractivity contribution in [3.05, 3.63) is 29.8 Å². The summed E-state index contributed by atoms with van der Waals surface area (Å²) in [6.45, 7) is 2.95. The molecule has 0 bridgehead atoms. The SMILES string of the molecule is COC(=O)C1CN(C(=O)Nc2ccc(C)cc2)CCO1. The normalized spacial score (nSPS) is 18.5. The molecule has 20 heavy (non-hydrogen) atoms. The van der Waals surface area contributed by atoms with E-state index in [9.17, 15) is 9.59 Å². The van der Waals surface area contributed by atoms with Crippen LogP contribution in [0.1, 0.15) is 5.56 Å². The van der Waals surface area contributed by atoms with Crippen molar-refractivity contribution in [2.24, 2.45) is 0 Å². The van der Waals surface area contributed by atoms with Gasteiger partial charge >= 0.3 is 12.0 Å². The van der Waals surface area contributed by atoms with Crippen molar-refractivity contribution in [3.63, 3.8) is 0 Å². The van der Waals surface area contributed by atoms with Gasteiger partial charge in [0, 0.05) is 12.2 Å². The molecule has 0 aliphatic carbocycles. The van der Waals surface area contributed by atoms with E-state index in [0.29, 0.717) is 13.2 Å². The molecule has 1 aromatic rings. The van der Waals surface area contributed by atoms with Crippen molar-refractivity contribution in [2.75, 3.05) is 32.1 Å². The van der Waals surface area contributed by atoms with Gasteiger partial charge in [0.1, 0.15) is 0 Å². The van der Waals surface area contributed by atoms with Gasteiger partial charge in [0.15, 0.2) is 6.10 Å². The van der Waals surface area contributed by atoms with Gasteiger partial charge in [-0.2, -0.15) is 0 Å². The molecule has 0 radical (unpaired) electrons. The van der Waals surface area contributed by atoms with Crippen LogP contribution in [0.2, 0.25) is 0 Å². The van der Waals surface area contributed by atoms with Crippen LogP contribution in [-0.4, -0.2) is 49.8 Å². The van der Waals surface area contributed by atoms with E-state index in [-0.39, 0.29) is 12.6 Å². The summed E-state index contributed by atoms with van der Waals surface area (Å²) >= 11 is 0. The van der Waals surface area contributed by atoms with Gasteiger partial charge < -0.3 is 19.7 Å². The molecule has 1 aromatic carbocycles. The van der Waals surface area contributed by atoms with Crippen LogP contribution in [0.4, 0.5) is 10.5 Å². The largest absolute Gasteiger partial charge is 0.467 e. The average molecular weight is 278 g/mol. The minimum atomic E-state index is -0.711. The van der Waals surface area contributed by atoms with Gasteiger partial charge in [0.05, 0.1) is 20.3 Å². The zero-order valence-electron chi connectivity index (χ0n) is 11.6. The number of amides is 2. The minimum Gasteiger partial charge on any atom is -0.467 e. The number of morpholine rings is 1. The standard InChI is InChI=1S/C14H18N2O4/c1-10-3-5-11(6-4-10)15-14(18)16-7-8-20-12(9-16)13(17)19-2/h3-6,12H,7-9H2,1-2H3,(H,15,18). The third-order valence-electron chi connectivity index (χ3n) is 3.12. The van der Waals surface area contributed by atoms with Crippen LogP contribution in [0.3, 0.4) is 0 Å². The van der Waals surface area contributed by atoms with Crippen LogP contribution in [0.25, 0.3) is 0 Å². The summed E-state index contributed by atoms with van der Waals surface area (Å²) < 4.78 is 9.91. The highest BCUT2D eigenvalue weighted by atomic mass is 16.6. The highest BCUT2D eigenvalue weighted by Gasteiger charge is 2.29. The highest BCUT2D eigenvalue weighted by molar-refractivity contribution is 5.90. The Hall–Kier alpha value is -2.08. The molecule has 0 aromatic heterocycles. The second-order valence-corrected chi connectivity index (χ2v) is 4.62. The number of carbonyl (C=O) groups is 2. The number of urea groups is 1. The number of rotatable bonds is 2. The Balaban J connectivity index is 1.95. The summed E-state index contributed by atoms with van der Waals surface area (Å²) in [6.07, 6.45) is -0.711. The molecule has 1 aliphatic rings. The first-order valence-corrected chi connectivity index (χ1v) is 6.42. The summed E-state index contributed by atoms with van der Waals surface area (Å²) in [5.74, 6) is -0.460. The molecule has 2 rings (SSSR count). The van der Waals surface area contributed by atoms with Crippen LogP contribution < -0.4 is 5.32 Å². The first-order chi connectivity index (χ1) is 9.60. The Morgan fingerprint density at radius 1 is 1.35 bits per heavy atom. The lowest BCUT2D eigenvalue weighted by molar-refractivity contribution is -0.158. The number of ether oxygens (including phenoxy) is 2. The van der Waals surface area contributed by atoms with Crippen molar-refractivity contribution in [1.82, 2.24) is 4.90 Å². The monoisotopic (exact) mass is 278 g/mol. The topological polar surface area (TPSA) is 67.9 Å². The number of esters is 1. The Labute approximate surface area is 117 Å². The fourth-order valence-electron chi connectivity index (χ4n) is 1.95. The third-order valence-corrected chi connectivity index (χ3v) is 3.12. The summed E-state index contributed by atoms with van der Waals surface area (Å²) in [7, 11) is 1.30. The summed E-state index contributed by atoms with van der Waals surface area (Å²) in [5.41, 5.74) is 1.85. The zero-order chi connectivity index (χ0) is 14.5. The van der Waals surface area contributed by atoms with E-state index in [1.807, 2.05) is 31.2 Å². The lowest BCUT2D eigenvalue weighted by Gasteiger charge is -2.31. The lowest BCUT2D eigenvalue weighted by atomic mass is 10.2. The Kier molecular flexibility index (Phi) is 4.57. The van der Waals surface area contributed by atoms with Crippen molar-refractivity contribution >= 4 is 17.7 Å². The van der Waals surface area contributed by atoms with E-state index in [1.165, 1.54) is 7.11 Å². The van der Waals surface area contributed by atoms with E-state index in [1.54, 1.807) is 4.90 Å². The van der Waals surface area contributed by atoms with Crippen LogP contribution in [-0.2, 0) is 14.3 Å². The smallest absolute Gasteiger partial charge is 0.336 e. The van der Waals surface area contributed by atoms with Gasteiger partial charge in [-0.15, -0.1) is 0 Å². The highest BCUT2D eigenvalue weighted by Crippen LogP contribution is 2.12. The first-order valence-electron chi connectivity index (χ1n) is 6.42. The van der Waals surface area contributed by atoms with Gasteiger partial charge in [0.2, 0.25) is 0 Å². The molecule has 1 unspecified atom stereocenters. The number of aryl methyl sites for hydroxylation is 1. The van der Waals surface area contributed by atoms with Crippen molar-refractivity contribution in [1.29, 1.82) is 0 Å². The fourth-order valence-corrected chi connectivity index (χ4v) is 1.95. The maximum absolute atomic E-state index is 12.1. The number of carbonyl (C=O) groups excluding carboxylic acids is 2. The maximum atomic E-state index is 12.1. The number of hydrogen-bond acceptors (Lipinski definition) is 4. The molecule has 2 amide bonds. The number of nitrogens with zero attached hydrogens (tertiary/aromatic N) is 1. The number of nitrogens with one attached hydrogen (secondary N) is 1. The molecule has 1 aliphatic heterocycles. The molecule has 0 saturated carbocycles. The Bertz CT molecular complexity index is 486. The van der Waals surface area contributed by atoms with Crippen LogP contribution in [0.5, 0.6) is 0 Å². The minimum absolute atomic E-state index is 0.199. The van der Waals surface area contributed by atoms with Crippen molar-refractivity contribution in [3.8, 4) is 0 Å². The van der Waals surface area contributed by atoms with Crippen molar-refractivity contribution < 1.29 is 19.1 Å². The number of anilines is 1. The second-order valence-electron chi connectivity index (χ2n) is 4.62. The summed E-state index contributed by atoms with van der Waals surface area (Å²) in [4.78, 5) is 25.1. The molecule has 1 N–H and O–H groups in total. The van der Waals surface area contributed by atoms with E-state index in [2.05, 4.69) is 10.1 Å². The van der Waals surface area contributed by atoms with Crippen LogP contribution in [0, 0.1) is 6.92 Å². The number of benzene rings is 1. The molecular formula is C14H18N2O4. The first kappa shape index (κ1) is 14.3. The van der Waals surface area contributed by atoms with E-state index >= 15 is 0 Å².